The Morgan fingerprint density at radius 1 is 1.05 bits per heavy atom. The summed E-state index contributed by atoms with van der Waals surface area (Å²) in [6, 6.07) is 4.54. The van der Waals surface area contributed by atoms with Crippen LogP contribution in [0.3, 0.4) is 0 Å². The van der Waals surface area contributed by atoms with Gasteiger partial charge in [0.15, 0.2) is 0 Å². The minimum Gasteiger partial charge on any atom is -0.352 e. The number of amides is 1. The van der Waals surface area contributed by atoms with Crippen LogP contribution in [-0.4, -0.2) is 39.7 Å². The van der Waals surface area contributed by atoms with Crippen molar-refractivity contribution >= 4 is 39.3 Å². The summed E-state index contributed by atoms with van der Waals surface area (Å²) in [6.45, 7) is 1.60. The van der Waals surface area contributed by atoms with Gasteiger partial charge in [-0.1, -0.05) is 29.5 Å². The molecule has 1 N–H and O–H groups in total. The highest BCUT2D eigenvalue weighted by molar-refractivity contribution is 14.1. The van der Waals surface area contributed by atoms with Crippen molar-refractivity contribution in [2.24, 2.45) is 17.8 Å². The molecule has 0 bridgehead atoms. The Balaban J connectivity index is 1.46. The van der Waals surface area contributed by atoms with Gasteiger partial charge in [-0.05, 0) is 54.9 Å². The number of halogens is 7. The van der Waals surface area contributed by atoms with Crippen LogP contribution in [0.15, 0.2) is 54.1 Å². The average Bonchev–Trinajstić information content (AvgIpc) is 3.09. The number of nitrogens with zero attached hydrogens (tertiary/aromatic N) is 4. The normalized spacial score (nSPS) is 22.3. The highest BCUT2D eigenvalue weighted by Crippen LogP contribution is 2.38. The van der Waals surface area contributed by atoms with Gasteiger partial charge in [0.2, 0.25) is 11.7 Å². The lowest BCUT2D eigenvalue weighted by atomic mass is 9.91. The Kier molecular flexibility index (Phi) is 10.2. The van der Waals surface area contributed by atoms with Crippen molar-refractivity contribution in [2.75, 3.05) is 5.75 Å². The van der Waals surface area contributed by atoms with Crippen LogP contribution in [0.25, 0.3) is 11.3 Å². The first-order chi connectivity index (χ1) is 19.7. The molecule has 0 spiro atoms. The lowest BCUT2D eigenvalue weighted by Gasteiger charge is -2.24. The second-order valence-electron chi connectivity index (χ2n) is 10.1. The van der Waals surface area contributed by atoms with Crippen molar-refractivity contribution in [3.63, 3.8) is 0 Å². The van der Waals surface area contributed by atoms with E-state index in [-0.39, 0.29) is 32.6 Å². The first kappa shape index (κ1) is 32.2. The van der Waals surface area contributed by atoms with Gasteiger partial charge in [0.25, 0.3) is 0 Å². The third-order valence-electron chi connectivity index (χ3n) is 7.29. The lowest BCUT2D eigenvalue weighted by molar-refractivity contribution is -0.145. The fraction of sp³-hybridized carbons (Fsp3) is 0.444. The molecule has 15 heteroatoms. The molecule has 0 saturated heterocycles. The van der Waals surface area contributed by atoms with Crippen molar-refractivity contribution in [3.05, 3.63) is 66.1 Å². The molecule has 226 valence electrons. The minimum atomic E-state index is -4.77. The second-order valence-corrected chi connectivity index (χ2v) is 13.2. The number of nitrogens with one attached hydrogen (secondary N) is 1. The van der Waals surface area contributed by atoms with Gasteiger partial charge in [-0.3, -0.25) is 19.0 Å². The van der Waals surface area contributed by atoms with Crippen LogP contribution in [0.2, 0.25) is 0 Å². The number of hydrogen-bond acceptors (Lipinski definition) is 6. The Morgan fingerprint density at radius 3 is 2.38 bits per heavy atom. The minimum absolute atomic E-state index is 0.00970. The molecular weight excluding hydrogens is 699 g/mol. The highest BCUT2D eigenvalue weighted by Gasteiger charge is 2.37. The molecular formula is C27H26F6IN5O2S. The number of aromatic nitrogens is 4. The van der Waals surface area contributed by atoms with E-state index < -0.39 is 52.9 Å². The van der Waals surface area contributed by atoms with Crippen LogP contribution in [-0.2, 0) is 34.5 Å². The van der Waals surface area contributed by atoms with E-state index in [1.165, 1.54) is 0 Å². The van der Waals surface area contributed by atoms with Gasteiger partial charge in [0, 0.05) is 58.7 Å². The quantitative estimate of drug-likeness (QED) is 0.134. The van der Waals surface area contributed by atoms with Crippen molar-refractivity contribution in [3.8, 4) is 11.3 Å². The Labute approximate surface area is 254 Å². The molecule has 1 aliphatic rings. The predicted molar refractivity (Wildman–Crippen MR) is 150 cm³/mol. The molecule has 3 aromatic rings. The topological polar surface area (TPSA) is 97.7 Å². The van der Waals surface area contributed by atoms with E-state index in [4.69, 9.17) is 0 Å². The van der Waals surface area contributed by atoms with Crippen molar-refractivity contribution in [1.29, 1.82) is 0 Å². The predicted octanol–water partition coefficient (Wildman–Crippen LogP) is 6.25. The monoisotopic (exact) mass is 725 g/mol. The largest absolute Gasteiger partial charge is 0.451 e. The molecule has 3 aromatic heterocycles. The van der Waals surface area contributed by atoms with Gasteiger partial charge >= 0.3 is 12.4 Å². The fourth-order valence-corrected chi connectivity index (χ4v) is 7.47. The van der Waals surface area contributed by atoms with Crippen molar-refractivity contribution in [2.45, 2.75) is 53.9 Å². The molecule has 1 fully saturated rings. The molecule has 1 amide bonds. The summed E-state index contributed by atoms with van der Waals surface area (Å²) in [4.78, 5) is 28.0. The van der Waals surface area contributed by atoms with E-state index in [0.717, 1.165) is 18.5 Å². The maximum absolute atomic E-state index is 13.7. The van der Waals surface area contributed by atoms with Gasteiger partial charge in [0.1, 0.15) is 0 Å². The Bertz CT molecular complexity index is 1410. The molecule has 2 unspecified atom stereocenters. The molecule has 0 radical (unpaired) electrons. The summed E-state index contributed by atoms with van der Waals surface area (Å²) in [5.41, 5.74) is -1.44. The molecule has 5 atom stereocenters. The number of hydrogen-bond donors (Lipinski definition) is 1. The van der Waals surface area contributed by atoms with E-state index in [9.17, 15) is 35.3 Å². The van der Waals surface area contributed by atoms with E-state index in [2.05, 4.69) is 54.8 Å². The molecule has 1 aliphatic carbocycles. The zero-order valence-corrected chi connectivity index (χ0v) is 25.1. The van der Waals surface area contributed by atoms with Gasteiger partial charge < -0.3 is 5.32 Å². The maximum Gasteiger partial charge on any atom is 0.451 e. The van der Waals surface area contributed by atoms with Crippen LogP contribution in [0.5, 0.6) is 0 Å². The van der Waals surface area contributed by atoms with Crippen LogP contribution in [0.4, 0.5) is 26.3 Å². The first-order valence-electron chi connectivity index (χ1n) is 12.9. The van der Waals surface area contributed by atoms with Gasteiger partial charge in [-0.2, -0.15) is 26.3 Å². The molecule has 0 aromatic carbocycles. The van der Waals surface area contributed by atoms with E-state index >= 15 is 0 Å². The van der Waals surface area contributed by atoms with E-state index in [0.29, 0.717) is 36.1 Å². The third-order valence-corrected chi connectivity index (χ3v) is 10.4. The SMILES string of the molecule is C[C@@H]1C(CS(=O)c2cccnc2)CC[C@H](C(=O)NCc2cc(-c3cnc(C(F)(F)F)nc3)ncc2C(F)(F)F)C[C@H]1I. The smallest absolute Gasteiger partial charge is 0.352 e. The zero-order chi connectivity index (χ0) is 30.7. The van der Waals surface area contributed by atoms with Crippen LogP contribution < -0.4 is 5.32 Å². The Hall–Kier alpha value is -2.69. The highest BCUT2D eigenvalue weighted by atomic mass is 127. The molecule has 4 rings (SSSR count). The second kappa shape index (κ2) is 13.3. The standard InChI is InChI=1S/C27H26F6IN5O2S/c1-15-17(14-42(41)20-3-2-6-35-12-20)5-4-16(7-22(15)34)24(40)37-9-18-8-23(36-13-21(18)26(28,29)30)19-10-38-25(39-11-19)27(31,32)33/h2-3,6,8,10-13,15-17,22H,4-5,7,9,14H2,1H3,(H,37,40)/t15-,16+,17?,22-,42?/m1/s1. The van der Waals surface area contributed by atoms with Gasteiger partial charge in [-0.15, -0.1) is 0 Å². The first-order valence-corrected chi connectivity index (χ1v) is 15.5. The van der Waals surface area contributed by atoms with Crippen LogP contribution in [0.1, 0.15) is 43.1 Å². The summed E-state index contributed by atoms with van der Waals surface area (Å²) in [5, 5.41) is 2.62. The fourth-order valence-electron chi connectivity index (χ4n) is 4.81. The van der Waals surface area contributed by atoms with Gasteiger partial charge in [0.05, 0.1) is 27.0 Å². The summed E-state index contributed by atoms with van der Waals surface area (Å²) in [5.74, 6) is -1.58. The zero-order valence-electron chi connectivity index (χ0n) is 22.1. The molecule has 3 heterocycles. The number of rotatable bonds is 7. The lowest BCUT2D eigenvalue weighted by Crippen LogP contribution is -2.32. The van der Waals surface area contributed by atoms with Crippen molar-refractivity contribution < 1.29 is 35.3 Å². The molecule has 1 saturated carbocycles. The molecule has 7 nitrogen and oxygen atoms in total. The average molecular weight is 725 g/mol. The summed E-state index contributed by atoms with van der Waals surface area (Å²) < 4.78 is 92.6. The third kappa shape index (κ3) is 8.02. The van der Waals surface area contributed by atoms with E-state index in [1.807, 2.05) is 0 Å². The Morgan fingerprint density at radius 2 is 1.76 bits per heavy atom. The van der Waals surface area contributed by atoms with Gasteiger partial charge in [-0.25, -0.2) is 9.97 Å². The maximum atomic E-state index is 13.7. The molecule has 0 aliphatic heterocycles. The summed E-state index contributed by atoms with van der Waals surface area (Å²) >= 11 is 2.28. The van der Waals surface area contributed by atoms with E-state index in [1.54, 1.807) is 24.5 Å². The number of carbonyl (C=O) groups excluding carboxylic acids is 1. The molecule has 42 heavy (non-hydrogen) atoms. The van der Waals surface area contributed by atoms with Crippen LogP contribution >= 0.6 is 22.6 Å². The summed E-state index contributed by atoms with van der Waals surface area (Å²) in [6.07, 6.45) is -2.50. The van der Waals surface area contributed by atoms with Crippen LogP contribution in [0, 0.1) is 17.8 Å². The van der Waals surface area contributed by atoms with Crippen molar-refractivity contribution in [1.82, 2.24) is 25.3 Å². The number of carbonyl (C=O) groups is 1. The number of alkyl halides is 7. The number of pyridine rings is 2. The summed E-state index contributed by atoms with van der Waals surface area (Å²) in [7, 11) is -1.25.